The van der Waals surface area contributed by atoms with Gasteiger partial charge >= 0.3 is 0 Å². The summed E-state index contributed by atoms with van der Waals surface area (Å²) in [6, 6.07) is 5.42. The Hall–Kier alpha value is -2.85. The molecule has 0 fully saturated rings. The zero-order valence-corrected chi connectivity index (χ0v) is 13.9. The third-order valence-electron chi connectivity index (χ3n) is 3.40. The second-order valence-electron chi connectivity index (χ2n) is 5.05. The fraction of sp³-hybridized carbons (Fsp3) is 0. The van der Waals surface area contributed by atoms with E-state index in [1.54, 1.807) is 0 Å². The second-order valence-corrected chi connectivity index (χ2v) is 7.03. The molecule has 6 N–H and O–H groups in total. The number of nitrogen functional groups attached to an aromatic ring is 1. The van der Waals surface area contributed by atoms with E-state index in [4.69, 9.17) is 22.7 Å². The molecule has 1 aliphatic heterocycles. The highest BCUT2D eigenvalue weighted by Gasteiger charge is 2.30. The molecular weight excluding hydrogens is 373 g/mol. The van der Waals surface area contributed by atoms with E-state index < -0.39 is 31.5 Å². The summed E-state index contributed by atoms with van der Waals surface area (Å²) in [6.07, 6.45) is 1.03. The van der Waals surface area contributed by atoms with E-state index in [0.717, 1.165) is 12.3 Å². The maximum absolute atomic E-state index is 13.8. The molecule has 2 aromatic carbocycles. The molecule has 0 aliphatic carbocycles. The van der Waals surface area contributed by atoms with Crippen molar-refractivity contribution >= 4 is 50.9 Å². The molecule has 1 aliphatic rings. The summed E-state index contributed by atoms with van der Waals surface area (Å²) < 4.78 is 41.8. The first-order valence-electron chi connectivity index (χ1n) is 6.73. The minimum atomic E-state index is -4.21. The number of nitrogens with two attached hydrogens (primary N) is 1. The van der Waals surface area contributed by atoms with Crippen LogP contribution in [0.15, 0.2) is 33.6 Å². The zero-order valence-electron chi connectivity index (χ0n) is 12.3. The fourth-order valence-electron chi connectivity index (χ4n) is 2.19. The van der Waals surface area contributed by atoms with Crippen LogP contribution in [0.25, 0.3) is 0 Å². The Bertz CT molecular complexity index is 1040. The molecule has 0 saturated carbocycles. The molecule has 0 aromatic heterocycles. The SMILES string of the molecule is N=Cc1cc(NC2=NS(=O)(=O)c3cc(Cl)c(F)c(O)c3N2)ccc1N. The van der Waals surface area contributed by atoms with Gasteiger partial charge in [0, 0.05) is 23.2 Å². The Morgan fingerprint density at radius 3 is 2.80 bits per heavy atom. The van der Waals surface area contributed by atoms with E-state index in [2.05, 4.69) is 15.0 Å². The molecule has 3 rings (SSSR count). The zero-order chi connectivity index (χ0) is 18.4. The summed E-state index contributed by atoms with van der Waals surface area (Å²) in [7, 11) is -4.21. The monoisotopic (exact) mass is 383 g/mol. The third kappa shape index (κ3) is 2.96. The van der Waals surface area contributed by atoms with Crippen LogP contribution < -0.4 is 16.4 Å². The predicted octanol–water partition coefficient (Wildman–Crippen LogP) is 2.35. The van der Waals surface area contributed by atoms with Gasteiger partial charge in [-0.3, -0.25) is 0 Å². The molecule has 11 heteroatoms. The van der Waals surface area contributed by atoms with Crippen LogP contribution in [-0.2, 0) is 10.0 Å². The first kappa shape index (κ1) is 17.0. The van der Waals surface area contributed by atoms with Crippen molar-refractivity contribution in [1.29, 1.82) is 5.41 Å². The van der Waals surface area contributed by atoms with E-state index in [1.165, 1.54) is 18.2 Å². The first-order valence-corrected chi connectivity index (χ1v) is 8.54. The molecule has 130 valence electrons. The Labute approximate surface area is 146 Å². The molecule has 0 bridgehead atoms. The number of anilines is 3. The number of rotatable bonds is 2. The lowest BCUT2D eigenvalue weighted by Crippen LogP contribution is -2.28. The van der Waals surface area contributed by atoms with Gasteiger partial charge in [0.2, 0.25) is 5.96 Å². The Kier molecular flexibility index (Phi) is 4.01. The molecule has 2 aromatic rings. The number of nitrogens with one attached hydrogen (secondary N) is 3. The lowest BCUT2D eigenvalue weighted by Gasteiger charge is -2.20. The standard InChI is InChI=1S/C14H11ClFN5O3S/c15-8-4-10-12(13(22)11(8)16)20-14(21-25(10,23)24)19-7-1-2-9(18)6(3-7)5-17/h1-5,17,22H,18H2,(H2,19,20,21). The first-order chi connectivity index (χ1) is 11.7. The molecular formula is C14H11ClFN5O3S. The minimum Gasteiger partial charge on any atom is -0.503 e. The molecule has 1 heterocycles. The van der Waals surface area contributed by atoms with Crippen LogP contribution in [0.1, 0.15) is 5.56 Å². The van der Waals surface area contributed by atoms with Gasteiger partial charge in [-0.2, -0.15) is 8.42 Å². The van der Waals surface area contributed by atoms with Crippen LogP contribution in [0.4, 0.5) is 21.5 Å². The van der Waals surface area contributed by atoms with Crippen molar-refractivity contribution in [1.82, 2.24) is 0 Å². The molecule has 0 spiro atoms. The average Bonchev–Trinajstić information content (AvgIpc) is 2.55. The van der Waals surface area contributed by atoms with Gasteiger partial charge < -0.3 is 26.9 Å². The number of sulfonamides is 1. The van der Waals surface area contributed by atoms with Gasteiger partial charge in [0.15, 0.2) is 11.6 Å². The summed E-state index contributed by atoms with van der Waals surface area (Å²) in [5.41, 5.74) is 6.46. The third-order valence-corrected chi connectivity index (χ3v) is 4.97. The quantitative estimate of drug-likeness (QED) is 0.306. The Balaban J connectivity index is 2.03. The summed E-state index contributed by atoms with van der Waals surface area (Å²) in [4.78, 5) is -0.445. The molecule has 0 atom stereocenters. The largest absolute Gasteiger partial charge is 0.503 e. The summed E-state index contributed by atoms with van der Waals surface area (Å²) in [5, 5.41) is 21.8. The molecule has 8 nitrogen and oxygen atoms in total. The van der Waals surface area contributed by atoms with Gasteiger partial charge in [0.1, 0.15) is 10.6 Å². The van der Waals surface area contributed by atoms with Gasteiger partial charge in [-0.1, -0.05) is 11.6 Å². The summed E-state index contributed by atoms with van der Waals surface area (Å²) in [6.45, 7) is 0. The molecule has 0 unspecified atom stereocenters. The number of phenolic OH excluding ortho intramolecular Hbond substituents is 1. The highest BCUT2D eigenvalue weighted by molar-refractivity contribution is 7.90. The van der Waals surface area contributed by atoms with Gasteiger partial charge in [0.05, 0.1) is 5.02 Å². The smallest absolute Gasteiger partial charge is 0.287 e. The van der Waals surface area contributed by atoms with E-state index >= 15 is 0 Å². The van der Waals surface area contributed by atoms with Crippen molar-refractivity contribution in [2.24, 2.45) is 4.40 Å². The number of hydrogen-bond donors (Lipinski definition) is 5. The topological polar surface area (TPSA) is 141 Å². The van der Waals surface area contributed by atoms with Crippen molar-refractivity contribution in [3.8, 4) is 5.75 Å². The lowest BCUT2D eigenvalue weighted by atomic mass is 10.2. The van der Waals surface area contributed by atoms with Crippen molar-refractivity contribution in [3.05, 3.63) is 40.7 Å². The summed E-state index contributed by atoms with van der Waals surface area (Å²) in [5.74, 6) is -2.34. The van der Waals surface area contributed by atoms with E-state index in [0.29, 0.717) is 16.9 Å². The van der Waals surface area contributed by atoms with Gasteiger partial charge in [-0.25, -0.2) is 4.39 Å². The van der Waals surface area contributed by atoms with Crippen LogP contribution >= 0.6 is 11.6 Å². The number of aromatic hydroxyl groups is 1. The van der Waals surface area contributed by atoms with E-state index in [1.807, 2.05) is 0 Å². The number of hydrogen-bond acceptors (Lipinski definition) is 7. The van der Waals surface area contributed by atoms with Crippen molar-refractivity contribution in [2.75, 3.05) is 16.4 Å². The highest BCUT2D eigenvalue weighted by atomic mass is 35.5. The Morgan fingerprint density at radius 2 is 2.12 bits per heavy atom. The minimum absolute atomic E-state index is 0.259. The van der Waals surface area contributed by atoms with E-state index in [9.17, 15) is 17.9 Å². The summed E-state index contributed by atoms with van der Waals surface area (Å²) >= 11 is 5.57. The van der Waals surface area contributed by atoms with Crippen LogP contribution in [0, 0.1) is 11.2 Å². The highest BCUT2D eigenvalue weighted by Crippen LogP contribution is 2.40. The number of fused-ring (bicyclic) bond motifs is 1. The average molecular weight is 384 g/mol. The van der Waals surface area contributed by atoms with E-state index in [-0.39, 0.29) is 11.6 Å². The van der Waals surface area contributed by atoms with Gasteiger partial charge in [-0.05, 0) is 24.3 Å². The van der Waals surface area contributed by atoms with Crippen molar-refractivity contribution in [2.45, 2.75) is 4.90 Å². The molecule has 0 saturated heterocycles. The maximum Gasteiger partial charge on any atom is 0.287 e. The number of benzene rings is 2. The second kappa shape index (κ2) is 5.90. The van der Waals surface area contributed by atoms with Gasteiger partial charge in [-0.15, -0.1) is 4.40 Å². The van der Waals surface area contributed by atoms with Crippen molar-refractivity contribution < 1.29 is 17.9 Å². The van der Waals surface area contributed by atoms with Crippen LogP contribution in [0.2, 0.25) is 5.02 Å². The number of halogens is 2. The van der Waals surface area contributed by atoms with Crippen LogP contribution in [0.5, 0.6) is 5.75 Å². The molecule has 25 heavy (non-hydrogen) atoms. The predicted molar refractivity (Wildman–Crippen MR) is 93.7 cm³/mol. The number of nitrogens with zero attached hydrogens (tertiary/aromatic N) is 1. The number of guanidine groups is 1. The van der Waals surface area contributed by atoms with Gasteiger partial charge in [0.25, 0.3) is 10.0 Å². The number of phenols is 1. The van der Waals surface area contributed by atoms with Crippen LogP contribution in [0.3, 0.4) is 0 Å². The fourth-order valence-corrected chi connectivity index (χ4v) is 3.56. The normalized spacial score (nSPS) is 14.9. The van der Waals surface area contributed by atoms with Crippen LogP contribution in [-0.4, -0.2) is 25.7 Å². The van der Waals surface area contributed by atoms with Crippen molar-refractivity contribution in [3.63, 3.8) is 0 Å². The molecule has 0 amide bonds. The lowest BCUT2D eigenvalue weighted by molar-refractivity contribution is 0.433. The Morgan fingerprint density at radius 1 is 1.40 bits per heavy atom. The molecule has 0 radical (unpaired) electrons. The maximum atomic E-state index is 13.8.